The molecule has 0 atom stereocenters. The molecule has 0 spiro atoms. The van der Waals surface area contributed by atoms with Gasteiger partial charge in [0, 0.05) is 32.7 Å². The number of hydrogen-bond acceptors (Lipinski definition) is 5. The number of hydrogen-bond donors (Lipinski definition) is 1. The molecule has 8 nitrogen and oxygen atoms in total. The number of benzene rings is 2. The van der Waals surface area contributed by atoms with Crippen molar-refractivity contribution in [2.45, 2.75) is 18.2 Å². The van der Waals surface area contributed by atoms with Crippen LogP contribution >= 0.6 is 0 Å². The van der Waals surface area contributed by atoms with Crippen molar-refractivity contribution >= 4 is 33.4 Å². The van der Waals surface area contributed by atoms with E-state index in [0.717, 1.165) is 9.21 Å². The van der Waals surface area contributed by atoms with Gasteiger partial charge >= 0.3 is 0 Å². The molecule has 1 N–H and O–H groups in total. The minimum atomic E-state index is -3.64. The topological polar surface area (TPSA) is 104 Å². The minimum absolute atomic E-state index is 0.0590. The summed E-state index contributed by atoms with van der Waals surface area (Å²) in [7, 11) is -0.786. The fourth-order valence-electron chi connectivity index (χ4n) is 2.98. The van der Waals surface area contributed by atoms with E-state index in [1.54, 1.807) is 37.3 Å². The van der Waals surface area contributed by atoms with Gasteiger partial charge in [-0.15, -0.1) is 0 Å². The Hall–Kier alpha value is -3.04. The molecular formula is C20H21N3O5S. The van der Waals surface area contributed by atoms with E-state index in [9.17, 15) is 22.8 Å². The van der Waals surface area contributed by atoms with Crippen LogP contribution in [0.4, 0.5) is 5.69 Å². The summed E-state index contributed by atoms with van der Waals surface area (Å²) in [6, 6.07) is 11.0. The van der Waals surface area contributed by atoms with Crippen LogP contribution in [0.15, 0.2) is 47.4 Å². The molecule has 0 aliphatic carbocycles. The van der Waals surface area contributed by atoms with Gasteiger partial charge in [0.05, 0.1) is 16.0 Å². The van der Waals surface area contributed by atoms with Crippen LogP contribution in [0.3, 0.4) is 0 Å². The average Bonchev–Trinajstić information content (AvgIpc) is 2.92. The van der Waals surface area contributed by atoms with Gasteiger partial charge in [0.15, 0.2) is 0 Å². The lowest BCUT2D eigenvalue weighted by Gasteiger charge is -2.16. The fourth-order valence-corrected chi connectivity index (χ4v) is 3.90. The Labute approximate surface area is 169 Å². The summed E-state index contributed by atoms with van der Waals surface area (Å²) in [5.41, 5.74) is 1.71. The number of sulfonamides is 1. The van der Waals surface area contributed by atoms with Gasteiger partial charge in [-0.05, 0) is 36.8 Å². The lowest BCUT2D eigenvalue weighted by Crippen LogP contribution is -2.33. The Balaban J connectivity index is 1.69. The number of nitrogens with one attached hydrogen (secondary N) is 1. The normalized spacial score (nSPS) is 13.7. The second kappa shape index (κ2) is 7.76. The fraction of sp³-hybridized carbons (Fsp3) is 0.250. The molecule has 0 aromatic heterocycles. The van der Waals surface area contributed by atoms with Gasteiger partial charge in [-0.1, -0.05) is 18.2 Å². The van der Waals surface area contributed by atoms with Crippen molar-refractivity contribution < 1.29 is 22.8 Å². The zero-order chi connectivity index (χ0) is 21.3. The number of fused-ring (bicyclic) bond motifs is 1. The Morgan fingerprint density at radius 3 is 2.17 bits per heavy atom. The van der Waals surface area contributed by atoms with E-state index < -0.39 is 27.7 Å². The third-order valence-electron chi connectivity index (χ3n) is 4.70. The molecule has 2 aromatic rings. The maximum atomic E-state index is 12.4. The highest BCUT2D eigenvalue weighted by atomic mass is 32.2. The molecule has 29 heavy (non-hydrogen) atoms. The van der Waals surface area contributed by atoms with E-state index in [0.29, 0.717) is 22.4 Å². The molecule has 0 unspecified atom stereocenters. The summed E-state index contributed by atoms with van der Waals surface area (Å²) in [5, 5.41) is 2.67. The summed E-state index contributed by atoms with van der Waals surface area (Å²) in [4.78, 5) is 38.2. The highest BCUT2D eigenvalue weighted by molar-refractivity contribution is 7.89. The molecule has 0 saturated heterocycles. The number of rotatable bonds is 6. The average molecular weight is 415 g/mol. The predicted octanol–water partition coefficient (Wildman–Crippen LogP) is 1.87. The van der Waals surface area contributed by atoms with Crippen LogP contribution in [0.2, 0.25) is 0 Å². The van der Waals surface area contributed by atoms with Crippen molar-refractivity contribution in [3.8, 4) is 0 Å². The van der Waals surface area contributed by atoms with Gasteiger partial charge < -0.3 is 5.32 Å². The maximum Gasteiger partial charge on any atom is 0.261 e. The Kier molecular flexibility index (Phi) is 5.54. The zero-order valence-electron chi connectivity index (χ0n) is 16.3. The minimum Gasteiger partial charge on any atom is -0.326 e. The van der Waals surface area contributed by atoms with Gasteiger partial charge in [0.1, 0.15) is 0 Å². The first kappa shape index (κ1) is 20.7. The molecule has 3 rings (SSSR count). The van der Waals surface area contributed by atoms with E-state index in [4.69, 9.17) is 0 Å². The molecule has 3 amide bonds. The molecule has 0 saturated carbocycles. The number of imide groups is 1. The van der Waals surface area contributed by atoms with Crippen molar-refractivity contribution in [3.63, 3.8) is 0 Å². The van der Waals surface area contributed by atoms with Crippen LogP contribution in [0, 0.1) is 6.92 Å². The van der Waals surface area contributed by atoms with Gasteiger partial charge in [-0.3, -0.25) is 19.3 Å². The van der Waals surface area contributed by atoms with Crippen molar-refractivity contribution in [3.05, 3.63) is 59.2 Å². The quantitative estimate of drug-likeness (QED) is 0.726. The van der Waals surface area contributed by atoms with Crippen molar-refractivity contribution in [1.29, 1.82) is 0 Å². The molecule has 1 aliphatic rings. The molecule has 9 heteroatoms. The van der Waals surface area contributed by atoms with E-state index in [2.05, 4.69) is 5.32 Å². The van der Waals surface area contributed by atoms with Crippen LogP contribution in [0.1, 0.15) is 32.7 Å². The van der Waals surface area contributed by atoms with Gasteiger partial charge in [-0.2, -0.15) is 0 Å². The Bertz CT molecular complexity index is 1070. The molecule has 152 valence electrons. The molecule has 0 radical (unpaired) electrons. The number of amides is 3. The lowest BCUT2D eigenvalue weighted by atomic mass is 10.1. The van der Waals surface area contributed by atoms with E-state index >= 15 is 0 Å². The number of aryl methyl sites for hydroxylation is 1. The van der Waals surface area contributed by atoms with Crippen LogP contribution < -0.4 is 5.32 Å². The van der Waals surface area contributed by atoms with E-state index in [1.165, 1.54) is 26.2 Å². The summed E-state index contributed by atoms with van der Waals surface area (Å²) in [5.74, 6) is -1.27. The number of carbonyl (C=O) groups excluding carboxylic acids is 3. The lowest BCUT2D eigenvalue weighted by molar-refractivity contribution is -0.116. The van der Waals surface area contributed by atoms with Crippen LogP contribution in [0.25, 0.3) is 0 Å². The monoisotopic (exact) mass is 415 g/mol. The van der Waals surface area contributed by atoms with Crippen molar-refractivity contribution in [1.82, 2.24) is 9.21 Å². The summed E-state index contributed by atoms with van der Waals surface area (Å²) < 4.78 is 25.7. The predicted molar refractivity (Wildman–Crippen MR) is 107 cm³/mol. The Morgan fingerprint density at radius 2 is 1.62 bits per heavy atom. The van der Waals surface area contributed by atoms with Gasteiger partial charge in [0.2, 0.25) is 15.9 Å². The van der Waals surface area contributed by atoms with Gasteiger partial charge in [-0.25, -0.2) is 12.7 Å². The maximum absolute atomic E-state index is 12.4. The molecule has 0 bridgehead atoms. The SMILES string of the molecule is Cc1ccc(S(=O)(=O)N(C)C)cc1NC(=O)CCN1C(=O)c2ccccc2C1=O. The first-order valence-electron chi connectivity index (χ1n) is 8.91. The smallest absolute Gasteiger partial charge is 0.261 e. The number of nitrogens with zero attached hydrogens (tertiary/aromatic N) is 2. The standard InChI is InChI=1S/C20H21N3O5S/c1-13-8-9-14(29(27,28)22(2)3)12-17(13)21-18(24)10-11-23-19(25)15-6-4-5-7-16(15)20(23)26/h4-9,12H,10-11H2,1-3H3,(H,21,24). The number of carbonyl (C=O) groups is 3. The van der Waals surface area contributed by atoms with E-state index in [1.807, 2.05) is 0 Å². The Morgan fingerprint density at radius 1 is 1.03 bits per heavy atom. The molecule has 1 aliphatic heterocycles. The summed E-state index contributed by atoms with van der Waals surface area (Å²) in [6.45, 7) is 1.68. The third-order valence-corrected chi connectivity index (χ3v) is 6.51. The molecular weight excluding hydrogens is 394 g/mol. The second-order valence-electron chi connectivity index (χ2n) is 6.87. The largest absolute Gasteiger partial charge is 0.326 e. The third kappa shape index (κ3) is 3.92. The molecule has 1 heterocycles. The summed E-state index contributed by atoms with van der Waals surface area (Å²) in [6.07, 6.45) is -0.102. The van der Waals surface area contributed by atoms with E-state index in [-0.39, 0.29) is 17.9 Å². The molecule has 2 aromatic carbocycles. The van der Waals surface area contributed by atoms with Crippen LogP contribution in [-0.4, -0.2) is 56.0 Å². The van der Waals surface area contributed by atoms with Crippen molar-refractivity contribution in [2.75, 3.05) is 26.0 Å². The first-order chi connectivity index (χ1) is 13.6. The second-order valence-corrected chi connectivity index (χ2v) is 9.02. The van der Waals surface area contributed by atoms with Gasteiger partial charge in [0.25, 0.3) is 11.8 Å². The summed E-state index contributed by atoms with van der Waals surface area (Å²) >= 11 is 0. The number of anilines is 1. The van der Waals surface area contributed by atoms with Crippen molar-refractivity contribution in [2.24, 2.45) is 0 Å². The highest BCUT2D eigenvalue weighted by Gasteiger charge is 2.35. The highest BCUT2D eigenvalue weighted by Crippen LogP contribution is 2.24. The first-order valence-corrected chi connectivity index (χ1v) is 10.3. The van der Waals surface area contributed by atoms with Crippen LogP contribution in [-0.2, 0) is 14.8 Å². The molecule has 0 fully saturated rings. The zero-order valence-corrected chi connectivity index (χ0v) is 17.1. The van der Waals surface area contributed by atoms with Crippen LogP contribution in [0.5, 0.6) is 0 Å².